The molecule has 0 radical (unpaired) electrons. The van der Waals surface area contributed by atoms with Gasteiger partial charge in [-0.15, -0.1) is 0 Å². The Labute approximate surface area is 95.0 Å². The summed E-state index contributed by atoms with van der Waals surface area (Å²) < 4.78 is 4.56. The molecule has 1 aliphatic rings. The summed E-state index contributed by atoms with van der Waals surface area (Å²) in [6.07, 6.45) is 1.08. The van der Waals surface area contributed by atoms with Crippen molar-refractivity contribution in [3.63, 3.8) is 0 Å². The maximum absolute atomic E-state index is 10.9. The maximum Gasteiger partial charge on any atom is 0.319 e. The molecule has 0 saturated carbocycles. The topological polar surface area (TPSA) is 50.4 Å². The van der Waals surface area contributed by atoms with Gasteiger partial charge in [-0.25, -0.2) is 0 Å². The van der Waals surface area contributed by atoms with Crippen LogP contribution in [0.25, 0.3) is 0 Å². The van der Waals surface area contributed by atoms with E-state index in [4.69, 9.17) is 0 Å². The molecule has 0 aliphatic carbocycles. The molecule has 0 spiro atoms. The van der Waals surface area contributed by atoms with Gasteiger partial charge in [0.15, 0.2) is 0 Å². The van der Waals surface area contributed by atoms with Crippen LogP contribution >= 0.6 is 0 Å². The second kappa shape index (κ2) is 4.99. The highest BCUT2D eigenvalue weighted by molar-refractivity contribution is 5.71. The van der Waals surface area contributed by atoms with Crippen molar-refractivity contribution in [2.24, 2.45) is 0 Å². The fourth-order valence-electron chi connectivity index (χ4n) is 1.93. The first kappa shape index (κ1) is 11.0. The maximum atomic E-state index is 10.9. The van der Waals surface area contributed by atoms with E-state index in [1.54, 1.807) is 0 Å². The number of nitrogens with one attached hydrogen (secondary N) is 2. The molecule has 4 nitrogen and oxygen atoms in total. The van der Waals surface area contributed by atoms with Crippen LogP contribution in [0, 0.1) is 0 Å². The molecule has 0 amide bonds. The Hall–Kier alpha value is -1.55. The Balaban J connectivity index is 1.95. The molecule has 0 unspecified atom stereocenters. The number of anilines is 1. The Morgan fingerprint density at radius 1 is 1.56 bits per heavy atom. The van der Waals surface area contributed by atoms with E-state index in [9.17, 15) is 4.79 Å². The van der Waals surface area contributed by atoms with Gasteiger partial charge < -0.3 is 15.4 Å². The number of carbonyl (C=O) groups excluding carboxylic acids is 1. The zero-order chi connectivity index (χ0) is 11.4. The van der Waals surface area contributed by atoms with Crippen LogP contribution in [0.1, 0.15) is 11.1 Å². The number of carbonyl (C=O) groups is 1. The van der Waals surface area contributed by atoms with Crippen molar-refractivity contribution >= 4 is 11.7 Å². The third-order valence-electron chi connectivity index (χ3n) is 2.75. The molecule has 2 rings (SSSR count). The first-order chi connectivity index (χ1) is 7.81. The highest BCUT2D eigenvalue weighted by Gasteiger charge is 2.13. The Kier molecular flexibility index (Phi) is 3.41. The second-order valence-electron chi connectivity index (χ2n) is 3.81. The lowest BCUT2D eigenvalue weighted by molar-refractivity contribution is -0.139. The number of methoxy groups -OCH3 is 1. The summed E-state index contributed by atoms with van der Waals surface area (Å²) in [4.78, 5) is 10.9. The van der Waals surface area contributed by atoms with Gasteiger partial charge in [0.1, 0.15) is 0 Å². The Morgan fingerprint density at radius 3 is 3.25 bits per heavy atom. The van der Waals surface area contributed by atoms with Crippen molar-refractivity contribution in [2.45, 2.75) is 13.0 Å². The second-order valence-corrected chi connectivity index (χ2v) is 3.81. The molecule has 0 bridgehead atoms. The van der Waals surface area contributed by atoms with Gasteiger partial charge in [-0.1, -0.05) is 18.2 Å². The molecule has 1 aromatic carbocycles. The quantitative estimate of drug-likeness (QED) is 0.741. The minimum atomic E-state index is -0.236. The summed E-state index contributed by atoms with van der Waals surface area (Å²) in [5.41, 5.74) is 3.79. The normalized spacial score (nSPS) is 13.1. The summed E-state index contributed by atoms with van der Waals surface area (Å²) >= 11 is 0. The minimum Gasteiger partial charge on any atom is -0.468 e. The van der Waals surface area contributed by atoms with Crippen LogP contribution in [0.5, 0.6) is 0 Å². The van der Waals surface area contributed by atoms with Gasteiger partial charge >= 0.3 is 5.97 Å². The van der Waals surface area contributed by atoms with Crippen molar-refractivity contribution in [3.05, 3.63) is 29.3 Å². The van der Waals surface area contributed by atoms with E-state index in [0.717, 1.165) is 13.0 Å². The highest BCUT2D eigenvalue weighted by Crippen LogP contribution is 2.25. The molecule has 16 heavy (non-hydrogen) atoms. The number of esters is 1. The van der Waals surface area contributed by atoms with Crippen molar-refractivity contribution in [2.75, 3.05) is 25.5 Å². The van der Waals surface area contributed by atoms with Crippen LogP contribution in [-0.4, -0.2) is 26.2 Å². The molecular weight excluding hydrogens is 204 g/mol. The summed E-state index contributed by atoms with van der Waals surface area (Å²) in [6.45, 7) is 1.94. The molecular formula is C12H16N2O2. The van der Waals surface area contributed by atoms with Crippen LogP contribution in [0.3, 0.4) is 0 Å². The Bertz CT molecular complexity index is 391. The van der Waals surface area contributed by atoms with Crippen LogP contribution < -0.4 is 10.6 Å². The number of para-hydroxylation sites is 1. The van der Waals surface area contributed by atoms with Crippen molar-refractivity contribution in [1.29, 1.82) is 0 Å². The average molecular weight is 220 g/mol. The lowest BCUT2D eigenvalue weighted by Gasteiger charge is -2.09. The molecule has 0 saturated heterocycles. The van der Waals surface area contributed by atoms with Crippen molar-refractivity contribution in [1.82, 2.24) is 5.32 Å². The van der Waals surface area contributed by atoms with Gasteiger partial charge in [0.05, 0.1) is 13.7 Å². The largest absolute Gasteiger partial charge is 0.468 e. The zero-order valence-electron chi connectivity index (χ0n) is 9.38. The van der Waals surface area contributed by atoms with Crippen molar-refractivity contribution in [3.8, 4) is 0 Å². The average Bonchev–Trinajstić information content (AvgIpc) is 2.77. The minimum absolute atomic E-state index is 0.236. The third kappa shape index (κ3) is 2.33. The number of ether oxygens (including phenoxy) is 1. The van der Waals surface area contributed by atoms with Gasteiger partial charge in [0.2, 0.25) is 0 Å². The van der Waals surface area contributed by atoms with Crippen LogP contribution in [-0.2, 0) is 22.5 Å². The molecule has 0 fully saturated rings. The number of benzene rings is 1. The van der Waals surface area contributed by atoms with E-state index in [1.807, 2.05) is 0 Å². The summed E-state index contributed by atoms with van der Waals surface area (Å²) in [7, 11) is 1.39. The van der Waals surface area contributed by atoms with E-state index >= 15 is 0 Å². The summed E-state index contributed by atoms with van der Waals surface area (Å²) in [5.74, 6) is -0.236. The van der Waals surface area contributed by atoms with E-state index in [-0.39, 0.29) is 12.5 Å². The number of rotatable bonds is 4. The fourth-order valence-corrected chi connectivity index (χ4v) is 1.93. The molecule has 86 valence electrons. The molecule has 1 aliphatic heterocycles. The highest BCUT2D eigenvalue weighted by atomic mass is 16.5. The number of hydrogen-bond acceptors (Lipinski definition) is 4. The fraction of sp³-hybridized carbons (Fsp3) is 0.417. The monoisotopic (exact) mass is 220 g/mol. The first-order valence-corrected chi connectivity index (χ1v) is 5.43. The van der Waals surface area contributed by atoms with E-state index < -0.39 is 0 Å². The van der Waals surface area contributed by atoms with Gasteiger partial charge in [-0.2, -0.15) is 0 Å². The lowest BCUT2D eigenvalue weighted by Crippen LogP contribution is -2.23. The molecule has 2 N–H and O–H groups in total. The molecule has 0 aromatic heterocycles. The van der Waals surface area contributed by atoms with Crippen LogP contribution in [0.15, 0.2) is 18.2 Å². The van der Waals surface area contributed by atoms with E-state index in [1.165, 1.54) is 23.9 Å². The number of fused-ring (bicyclic) bond motifs is 1. The molecule has 1 aromatic rings. The standard InChI is InChI=1S/C12H16N2O2/c1-16-11(15)8-13-7-10-4-2-3-9-5-6-14-12(9)10/h2-4,13-14H,5-8H2,1H3. The van der Waals surface area contributed by atoms with E-state index in [0.29, 0.717) is 6.54 Å². The Morgan fingerprint density at radius 2 is 2.44 bits per heavy atom. The van der Waals surface area contributed by atoms with Crippen molar-refractivity contribution < 1.29 is 9.53 Å². The smallest absolute Gasteiger partial charge is 0.319 e. The van der Waals surface area contributed by atoms with E-state index in [2.05, 4.69) is 33.6 Å². The predicted octanol–water partition coefficient (Wildman–Crippen LogP) is 0.917. The molecule has 1 heterocycles. The predicted molar refractivity (Wildman–Crippen MR) is 62.4 cm³/mol. The summed E-state index contributed by atoms with van der Waals surface area (Å²) in [5, 5.41) is 6.43. The van der Waals surface area contributed by atoms with Gasteiger partial charge in [0, 0.05) is 18.8 Å². The van der Waals surface area contributed by atoms with Gasteiger partial charge in [0.25, 0.3) is 0 Å². The molecule has 4 heteroatoms. The first-order valence-electron chi connectivity index (χ1n) is 5.43. The molecule has 0 atom stereocenters. The third-order valence-corrected chi connectivity index (χ3v) is 2.75. The van der Waals surface area contributed by atoms with Crippen LogP contribution in [0.2, 0.25) is 0 Å². The van der Waals surface area contributed by atoms with Gasteiger partial charge in [-0.05, 0) is 17.5 Å². The summed E-state index contributed by atoms with van der Waals surface area (Å²) in [6, 6.07) is 6.27. The SMILES string of the molecule is COC(=O)CNCc1cccc2c1NCC2. The lowest BCUT2D eigenvalue weighted by atomic mass is 10.1. The van der Waals surface area contributed by atoms with Crippen LogP contribution in [0.4, 0.5) is 5.69 Å². The zero-order valence-corrected chi connectivity index (χ0v) is 9.38. The number of hydrogen-bond donors (Lipinski definition) is 2. The van der Waals surface area contributed by atoms with Gasteiger partial charge in [-0.3, -0.25) is 4.79 Å².